The van der Waals surface area contributed by atoms with E-state index in [2.05, 4.69) is 34.4 Å². The van der Waals surface area contributed by atoms with Crippen LogP contribution < -0.4 is 10.2 Å². The van der Waals surface area contributed by atoms with E-state index in [1.165, 1.54) is 5.69 Å². The van der Waals surface area contributed by atoms with Gasteiger partial charge in [-0.05, 0) is 13.5 Å². The van der Waals surface area contributed by atoms with Crippen LogP contribution in [0.1, 0.15) is 19.5 Å². The quantitative estimate of drug-likeness (QED) is 0.810. The van der Waals surface area contributed by atoms with E-state index in [4.69, 9.17) is 4.74 Å². The van der Waals surface area contributed by atoms with E-state index in [1.54, 1.807) is 11.3 Å². The summed E-state index contributed by atoms with van der Waals surface area (Å²) in [6.07, 6.45) is 1.34. The average molecular weight is 255 g/mol. The van der Waals surface area contributed by atoms with Gasteiger partial charge in [-0.15, -0.1) is 11.3 Å². The lowest BCUT2D eigenvalue weighted by atomic mass is 10.3. The van der Waals surface area contributed by atoms with Crippen LogP contribution in [0, 0.1) is 0 Å². The molecule has 0 spiro atoms. The monoisotopic (exact) mass is 255 g/mol. The predicted molar refractivity (Wildman–Crippen MR) is 72.0 cm³/mol. The summed E-state index contributed by atoms with van der Waals surface area (Å²) in [5.41, 5.74) is 1.20. The number of hydrogen-bond acceptors (Lipinski definition) is 5. The molecule has 1 atom stereocenters. The lowest BCUT2D eigenvalue weighted by molar-refractivity contribution is 0.0532. The Morgan fingerprint density at radius 3 is 3.29 bits per heavy atom. The van der Waals surface area contributed by atoms with Gasteiger partial charge in [0.1, 0.15) is 0 Å². The molecule has 5 heteroatoms. The molecule has 2 heterocycles. The molecule has 1 aliphatic rings. The standard InChI is InChI=1S/C12H21N3OS/c1-3-13-5-4-11-9-17-12(14-11)15-6-7-16-10(2)8-15/h9-10,13H,3-8H2,1-2H3. The third-order valence-corrected chi connectivity index (χ3v) is 3.81. The first-order valence-electron chi connectivity index (χ1n) is 6.31. The van der Waals surface area contributed by atoms with E-state index in [1.807, 2.05) is 0 Å². The number of nitrogens with zero attached hydrogens (tertiary/aromatic N) is 2. The van der Waals surface area contributed by atoms with Crippen LogP contribution in [-0.4, -0.2) is 43.9 Å². The highest BCUT2D eigenvalue weighted by Gasteiger charge is 2.19. The number of aromatic nitrogens is 1. The summed E-state index contributed by atoms with van der Waals surface area (Å²) in [5, 5.41) is 6.64. The van der Waals surface area contributed by atoms with Crippen molar-refractivity contribution in [1.82, 2.24) is 10.3 Å². The fraction of sp³-hybridized carbons (Fsp3) is 0.750. The normalized spacial score (nSPS) is 20.8. The Hall–Kier alpha value is -0.650. The largest absolute Gasteiger partial charge is 0.375 e. The van der Waals surface area contributed by atoms with Crippen molar-refractivity contribution in [1.29, 1.82) is 0 Å². The fourth-order valence-electron chi connectivity index (χ4n) is 1.94. The van der Waals surface area contributed by atoms with Crippen LogP contribution in [0.15, 0.2) is 5.38 Å². The first-order valence-corrected chi connectivity index (χ1v) is 7.19. The number of morpholine rings is 1. The fourth-order valence-corrected chi connectivity index (χ4v) is 2.84. The summed E-state index contributed by atoms with van der Waals surface area (Å²) in [5.74, 6) is 0. The molecule has 0 bridgehead atoms. The van der Waals surface area contributed by atoms with Crippen LogP contribution in [0.25, 0.3) is 0 Å². The minimum atomic E-state index is 0.317. The van der Waals surface area contributed by atoms with E-state index in [0.29, 0.717) is 6.10 Å². The van der Waals surface area contributed by atoms with Crippen molar-refractivity contribution in [3.8, 4) is 0 Å². The number of hydrogen-bond donors (Lipinski definition) is 1. The summed E-state index contributed by atoms with van der Waals surface area (Å²) < 4.78 is 5.54. The van der Waals surface area contributed by atoms with Crippen LogP contribution in [0.2, 0.25) is 0 Å². The zero-order valence-electron chi connectivity index (χ0n) is 10.6. The van der Waals surface area contributed by atoms with Crippen LogP contribution in [-0.2, 0) is 11.2 Å². The van der Waals surface area contributed by atoms with E-state index in [0.717, 1.165) is 44.3 Å². The SMILES string of the molecule is CCNCCc1csc(N2CCOC(C)C2)n1. The molecular formula is C12H21N3OS. The van der Waals surface area contributed by atoms with E-state index >= 15 is 0 Å². The van der Waals surface area contributed by atoms with Crippen molar-refractivity contribution in [2.24, 2.45) is 0 Å². The number of rotatable bonds is 5. The molecule has 0 amide bonds. The summed E-state index contributed by atoms with van der Waals surface area (Å²) in [4.78, 5) is 7.02. The maximum atomic E-state index is 5.54. The molecule has 0 saturated carbocycles. The molecule has 1 aromatic heterocycles. The molecule has 96 valence electrons. The first-order chi connectivity index (χ1) is 8.29. The molecule has 1 N–H and O–H groups in total. The molecule has 1 saturated heterocycles. The summed E-state index contributed by atoms with van der Waals surface area (Å²) in [6, 6.07) is 0. The van der Waals surface area contributed by atoms with Gasteiger partial charge in [0.05, 0.1) is 18.4 Å². The number of nitrogens with one attached hydrogen (secondary N) is 1. The van der Waals surface area contributed by atoms with Gasteiger partial charge in [-0.2, -0.15) is 0 Å². The molecule has 4 nitrogen and oxygen atoms in total. The van der Waals surface area contributed by atoms with Crippen molar-refractivity contribution in [3.63, 3.8) is 0 Å². The van der Waals surface area contributed by atoms with Gasteiger partial charge >= 0.3 is 0 Å². The Balaban J connectivity index is 1.88. The average Bonchev–Trinajstić information content (AvgIpc) is 2.78. The highest BCUT2D eigenvalue weighted by Crippen LogP contribution is 2.22. The molecule has 2 rings (SSSR count). The summed E-state index contributed by atoms with van der Waals surface area (Å²) in [6.45, 7) is 9.02. The van der Waals surface area contributed by atoms with Gasteiger partial charge in [-0.25, -0.2) is 4.98 Å². The van der Waals surface area contributed by atoms with E-state index in [9.17, 15) is 0 Å². The van der Waals surface area contributed by atoms with Crippen molar-refractivity contribution < 1.29 is 4.74 Å². The minimum Gasteiger partial charge on any atom is -0.375 e. The van der Waals surface area contributed by atoms with Gasteiger partial charge in [0, 0.05) is 31.4 Å². The predicted octanol–water partition coefficient (Wildman–Crippen LogP) is 1.52. The smallest absolute Gasteiger partial charge is 0.185 e. The van der Waals surface area contributed by atoms with Crippen molar-refractivity contribution in [2.45, 2.75) is 26.4 Å². The maximum Gasteiger partial charge on any atom is 0.185 e. The van der Waals surface area contributed by atoms with E-state index < -0.39 is 0 Å². The van der Waals surface area contributed by atoms with Crippen LogP contribution in [0.5, 0.6) is 0 Å². The molecular weight excluding hydrogens is 234 g/mol. The lowest BCUT2D eigenvalue weighted by Crippen LogP contribution is -2.41. The van der Waals surface area contributed by atoms with Gasteiger partial charge in [-0.3, -0.25) is 0 Å². The number of thiazole rings is 1. The molecule has 1 aliphatic heterocycles. The van der Waals surface area contributed by atoms with Crippen LogP contribution >= 0.6 is 11.3 Å². The Morgan fingerprint density at radius 2 is 2.53 bits per heavy atom. The van der Waals surface area contributed by atoms with Gasteiger partial charge < -0.3 is 15.0 Å². The van der Waals surface area contributed by atoms with Crippen molar-refractivity contribution in [2.75, 3.05) is 37.7 Å². The second-order valence-electron chi connectivity index (χ2n) is 4.35. The number of ether oxygens (including phenoxy) is 1. The molecule has 0 radical (unpaired) electrons. The second kappa shape index (κ2) is 6.33. The van der Waals surface area contributed by atoms with E-state index in [-0.39, 0.29) is 0 Å². The highest BCUT2D eigenvalue weighted by molar-refractivity contribution is 7.13. The molecule has 17 heavy (non-hydrogen) atoms. The molecule has 0 aliphatic carbocycles. The van der Waals surface area contributed by atoms with Crippen molar-refractivity contribution >= 4 is 16.5 Å². The molecule has 0 aromatic carbocycles. The van der Waals surface area contributed by atoms with Gasteiger partial charge in [-0.1, -0.05) is 6.92 Å². The number of likely N-dealkylation sites (N-methyl/N-ethyl adjacent to an activating group) is 1. The van der Waals surface area contributed by atoms with Crippen LogP contribution in [0.3, 0.4) is 0 Å². The first kappa shape index (κ1) is 12.8. The molecule has 1 unspecified atom stereocenters. The minimum absolute atomic E-state index is 0.317. The number of anilines is 1. The molecule has 1 fully saturated rings. The lowest BCUT2D eigenvalue weighted by Gasteiger charge is -2.30. The Labute approximate surface area is 107 Å². The summed E-state index contributed by atoms with van der Waals surface area (Å²) >= 11 is 1.75. The second-order valence-corrected chi connectivity index (χ2v) is 5.19. The van der Waals surface area contributed by atoms with Gasteiger partial charge in [0.15, 0.2) is 5.13 Å². The topological polar surface area (TPSA) is 37.4 Å². The van der Waals surface area contributed by atoms with Crippen molar-refractivity contribution in [3.05, 3.63) is 11.1 Å². The highest BCUT2D eigenvalue weighted by atomic mass is 32.1. The zero-order chi connectivity index (χ0) is 12.1. The maximum absolute atomic E-state index is 5.54. The molecule has 1 aromatic rings. The Morgan fingerprint density at radius 1 is 1.65 bits per heavy atom. The van der Waals surface area contributed by atoms with Crippen LogP contribution in [0.4, 0.5) is 5.13 Å². The third-order valence-electron chi connectivity index (χ3n) is 2.86. The third kappa shape index (κ3) is 3.66. The summed E-state index contributed by atoms with van der Waals surface area (Å²) in [7, 11) is 0. The van der Waals surface area contributed by atoms with Gasteiger partial charge in [0.25, 0.3) is 0 Å². The van der Waals surface area contributed by atoms with Gasteiger partial charge in [0.2, 0.25) is 0 Å². The zero-order valence-corrected chi connectivity index (χ0v) is 11.4. The Bertz CT molecular complexity index is 342. The Kier molecular flexibility index (Phi) is 4.76.